The van der Waals surface area contributed by atoms with Crippen molar-refractivity contribution in [2.75, 3.05) is 44.4 Å². The first-order chi connectivity index (χ1) is 12.2. The number of ether oxygens (including phenoxy) is 1. The summed E-state index contributed by atoms with van der Waals surface area (Å²) in [6.07, 6.45) is 10.0. The molecule has 0 aromatic heterocycles. The number of thioether (sulfide) groups is 1. The van der Waals surface area contributed by atoms with Gasteiger partial charge in [-0.15, -0.1) is 0 Å². The van der Waals surface area contributed by atoms with Gasteiger partial charge in [-0.25, -0.2) is 0 Å². The molecule has 2 heterocycles. The number of imide groups is 1. The van der Waals surface area contributed by atoms with E-state index in [9.17, 15) is 14.4 Å². The maximum Gasteiger partial charge on any atom is 0.253 e. The summed E-state index contributed by atoms with van der Waals surface area (Å²) < 4.78 is 5.54. The van der Waals surface area contributed by atoms with Gasteiger partial charge in [-0.3, -0.25) is 19.3 Å². The predicted octanol–water partition coefficient (Wildman–Crippen LogP) is 1.62. The van der Waals surface area contributed by atoms with Crippen LogP contribution in [0.2, 0.25) is 0 Å². The third-order valence-corrected chi connectivity index (χ3v) is 5.17. The summed E-state index contributed by atoms with van der Waals surface area (Å²) >= 11 is 1.92. The van der Waals surface area contributed by atoms with Crippen molar-refractivity contribution >= 4 is 29.5 Å². The van der Waals surface area contributed by atoms with Gasteiger partial charge in [0.1, 0.15) is 0 Å². The Hall–Kier alpha value is -1.60. The molecule has 0 unspecified atom stereocenters. The lowest BCUT2D eigenvalue weighted by Gasteiger charge is -2.14. The Balaban J connectivity index is 1.32. The summed E-state index contributed by atoms with van der Waals surface area (Å²) in [6, 6.07) is 0. The van der Waals surface area contributed by atoms with Crippen LogP contribution in [0.4, 0.5) is 0 Å². The third-order valence-electron chi connectivity index (χ3n) is 4.01. The molecular formula is C18H26N2O4S. The van der Waals surface area contributed by atoms with Crippen LogP contribution in [-0.2, 0) is 19.1 Å². The molecule has 0 N–H and O–H groups in total. The van der Waals surface area contributed by atoms with Gasteiger partial charge >= 0.3 is 0 Å². The topological polar surface area (TPSA) is 66.9 Å². The van der Waals surface area contributed by atoms with Crippen molar-refractivity contribution in [1.82, 2.24) is 9.80 Å². The summed E-state index contributed by atoms with van der Waals surface area (Å²) in [6.45, 7) is 3.32. The van der Waals surface area contributed by atoms with Crippen LogP contribution in [-0.4, -0.2) is 71.9 Å². The fourth-order valence-corrected chi connectivity index (χ4v) is 3.57. The number of amides is 3. The van der Waals surface area contributed by atoms with Crippen LogP contribution in [0, 0.1) is 0 Å². The Labute approximate surface area is 153 Å². The molecule has 0 aromatic carbocycles. The summed E-state index contributed by atoms with van der Waals surface area (Å²) in [7, 11) is 0. The molecule has 138 valence electrons. The van der Waals surface area contributed by atoms with Crippen molar-refractivity contribution in [2.45, 2.75) is 25.7 Å². The molecule has 0 bridgehead atoms. The monoisotopic (exact) mass is 366 g/mol. The second kappa shape index (κ2) is 11.1. The van der Waals surface area contributed by atoms with Crippen molar-refractivity contribution in [1.29, 1.82) is 0 Å². The second-order valence-corrected chi connectivity index (χ2v) is 7.21. The molecule has 7 heteroatoms. The van der Waals surface area contributed by atoms with Gasteiger partial charge in [-0.1, -0.05) is 6.08 Å². The average Bonchev–Trinajstić information content (AvgIpc) is 3.15. The van der Waals surface area contributed by atoms with Crippen LogP contribution in [0.15, 0.2) is 24.3 Å². The van der Waals surface area contributed by atoms with E-state index in [4.69, 9.17) is 4.74 Å². The van der Waals surface area contributed by atoms with Crippen molar-refractivity contribution in [3.05, 3.63) is 24.3 Å². The molecular weight excluding hydrogens is 340 g/mol. The number of carbonyl (C=O) groups is 3. The Morgan fingerprint density at radius 3 is 2.28 bits per heavy atom. The zero-order chi connectivity index (χ0) is 17.9. The quantitative estimate of drug-likeness (QED) is 0.366. The number of hydrogen-bond acceptors (Lipinski definition) is 5. The zero-order valence-corrected chi connectivity index (χ0v) is 15.3. The fourth-order valence-electron chi connectivity index (χ4n) is 2.62. The number of hydrogen-bond donors (Lipinski definition) is 0. The van der Waals surface area contributed by atoms with Crippen LogP contribution >= 0.6 is 11.8 Å². The first kappa shape index (κ1) is 19.7. The molecule has 6 nitrogen and oxygen atoms in total. The number of carbonyl (C=O) groups excluding carboxylic acids is 3. The Morgan fingerprint density at radius 1 is 0.840 bits per heavy atom. The van der Waals surface area contributed by atoms with Gasteiger partial charge in [0, 0.05) is 51.1 Å². The van der Waals surface area contributed by atoms with Crippen molar-refractivity contribution < 1.29 is 19.1 Å². The third kappa shape index (κ3) is 7.04. The molecule has 2 rings (SSSR count). The minimum atomic E-state index is -0.229. The summed E-state index contributed by atoms with van der Waals surface area (Å²) in [5.74, 6) is 1.87. The van der Waals surface area contributed by atoms with Gasteiger partial charge in [0.15, 0.2) is 0 Å². The van der Waals surface area contributed by atoms with Gasteiger partial charge in [0.2, 0.25) is 5.91 Å². The lowest BCUT2D eigenvalue weighted by molar-refractivity contribution is -0.137. The van der Waals surface area contributed by atoms with E-state index in [-0.39, 0.29) is 17.7 Å². The highest BCUT2D eigenvalue weighted by Gasteiger charge is 2.22. The maximum absolute atomic E-state index is 11.4. The van der Waals surface area contributed by atoms with E-state index >= 15 is 0 Å². The second-order valence-electron chi connectivity index (χ2n) is 5.99. The molecule has 0 fully saturated rings. The summed E-state index contributed by atoms with van der Waals surface area (Å²) in [5.41, 5.74) is 0. The molecule has 2 aliphatic heterocycles. The first-order valence-electron chi connectivity index (χ1n) is 8.83. The molecule has 3 amide bonds. The highest BCUT2D eigenvalue weighted by molar-refractivity contribution is 7.99. The lowest BCUT2D eigenvalue weighted by Crippen LogP contribution is -2.31. The summed E-state index contributed by atoms with van der Waals surface area (Å²) in [4.78, 5) is 37.2. The number of unbranched alkanes of at least 4 members (excludes halogenated alkanes) is 1. The van der Waals surface area contributed by atoms with Crippen LogP contribution in [0.5, 0.6) is 0 Å². The molecule has 0 atom stereocenters. The van der Waals surface area contributed by atoms with Gasteiger partial charge in [-0.05, 0) is 37.2 Å². The van der Waals surface area contributed by atoms with Crippen LogP contribution in [0.3, 0.4) is 0 Å². The van der Waals surface area contributed by atoms with E-state index in [1.54, 1.807) is 6.08 Å². The van der Waals surface area contributed by atoms with E-state index in [0.717, 1.165) is 43.9 Å². The molecule has 2 aliphatic rings. The highest BCUT2D eigenvalue weighted by Crippen LogP contribution is 2.09. The number of rotatable bonds is 13. The Kier molecular flexibility index (Phi) is 8.76. The van der Waals surface area contributed by atoms with E-state index in [1.807, 2.05) is 22.7 Å². The molecule has 0 aliphatic carbocycles. The van der Waals surface area contributed by atoms with Gasteiger partial charge in [0.05, 0.1) is 0 Å². The van der Waals surface area contributed by atoms with Crippen LogP contribution < -0.4 is 0 Å². The minimum Gasteiger partial charge on any atom is -0.381 e. The lowest BCUT2D eigenvalue weighted by atomic mass is 10.3. The SMILES string of the molecule is O=C1C=CCN1CCCSCCCCOCCCN1C(=O)C=CC1=O. The molecule has 0 spiro atoms. The zero-order valence-electron chi connectivity index (χ0n) is 14.5. The van der Waals surface area contributed by atoms with E-state index < -0.39 is 0 Å². The van der Waals surface area contributed by atoms with Gasteiger partial charge < -0.3 is 9.64 Å². The van der Waals surface area contributed by atoms with Crippen molar-refractivity contribution in [2.24, 2.45) is 0 Å². The maximum atomic E-state index is 11.4. The fraction of sp³-hybridized carbons (Fsp3) is 0.611. The van der Waals surface area contributed by atoms with Crippen LogP contribution in [0.1, 0.15) is 25.7 Å². The molecule has 0 aromatic rings. The van der Waals surface area contributed by atoms with Crippen molar-refractivity contribution in [3.63, 3.8) is 0 Å². The predicted molar refractivity (Wildman–Crippen MR) is 98.2 cm³/mol. The minimum absolute atomic E-state index is 0.136. The van der Waals surface area contributed by atoms with E-state index in [2.05, 4.69) is 0 Å². The normalized spacial score (nSPS) is 16.7. The summed E-state index contributed by atoms with van der Waals surface area (Å²) in [5, 5.41) is 0. The standard InChI is InChI=1S/C18H26N2O4S/c21-16-6-3-9-19(16)10-5-15-25-14-2-1-12-24-13-4-11-20-17(22)7-8-18(20)23/h3,6-8H,1-2,4-5,9-15H2. The average molecular weight is 366 g/mol. The first-order valence-corrected chi connectivity index (χ1v) is 9.98. The van der Waals surface area contributed by atoms with Crippen molar-refractivity contribution in [3.8, 4) is 0 Å². The number of nitrogens with zero attached hydrogens (tertiary/aromatic N) is 2. The molecule has 0 saturated heterocycles. The molecule has 25 heavy (non-hydrogen) atoms. The van der Waals surface area contributed by atoms with E-state index in [1.165, 1.54) is 17.1 Å². The molecule has 0 saturated carbocycles. The van der Waals surface area contributed by atoms with Crippen LogP contribution in [0.25, 0.3) is 0 Å². The van der Waals surface area contributed by atoms with Gasteiger partial charge in [0.25, 0.3) is 11.8 Å². The molecule has 0 radical (unpaired) electrons. The Morgan fingerprint density at radius 2 is 1.56 bits per heavy atom. The largest absolute Gasteiger partial charge is 0.381 e. The van der Waals surface area contributed by atoms with E-state index in [0.29, 0.717) is 26.2 Å². The highest BCUT2D eigenvalue weighted by atomic mass is 32.2. The Bertz CT molecular complexity index is 515. The smallest absolute Gasteiger partial charge is 0.253 e. The van der Waals surface area contributed by atoms with Gasteiger partial charge in [-0.2, -0.15) is 11.8 Å².